The Balaban J connectivity index is 1.65. The quantitative estimate of drug-likeness (QED) is 0.704. The fourth-order valence-electron chi connectivity index (χ4n) is 3.63. The highest BCUT2D eigenvalue weighted by atomic mass is 16.5. The van der Waals surface area contributed by atoms with Crippen LogP contribution < -0.4 is 0 Å². The van der Waals surface area contributed by atoms with Crippen molar-refractivity contribution in [1.82, 2.24) is 30.3 Å². The number of hydrogen-bond donors (Lipinski definition) is 0. The van der Waals surface area contributed by atoms with Crippen LogP contribution in [-0.2, 0) is 10.2 Å². The van der Waals surface area contributed by atoms with Crippen molar-refractivity contribution in [2.24, 2.45) is 0 Å². The van der Waals surface area contributed by atoms with Gasteiger partial charge in [0.2, 0.25) is 0 Å². The third kappa shape index (κ3) is 2.82. The van der Waals surface area contributed by atoms with Gasteiger partial charge in [0.1, 0.15) is 6.33 Å². The first-order valence-electron chi connectivity index (χ1n) is 8.39. The number of methoxy groups -OCH3 is 1. The molecule has 2 aromatic heterocycles. The number of aryl methyl sites for hydroxylation is 1. The predicted molar refractivity (Wildman–Crippen MR) is 89.2 cm³/mol. The normalized spacial score (nSPS) is 16.4. The van der Waals surface area contributed by atoms with Gasteiger partial charge in [0.15, 0.2) is 5.82 Å². The maximum atomic E-state index is 5.56. The smallest absolute Gasteiger partial charge is 0.257 e. The van der Waals surface area contributed by atoms with E-state index in [4.69, 9.17) is 9.26 Å². The van der Waals surface area contributed by atoms with Crippen LogP contribution in [0, 0.1) is 6.92 Å². The van der Waals surface area contributed by atoms with E-state index in [1.165, 1.54) is 12.8 Å². The molecule has 0 spiro atoms. The SMILES string of the molecule is COCC1(c2noc(-c3ccc(-n4cnnn4)c(C)c3)n2)CCCC1. The summed E-state index contributed by atoms with van der Waals surface area (Å²) in [6, 6.07) is 5.90. The molecular formula is C17H20N6O2. The zero-order valence-electron chi connectivity index (χ0n) is 14.3. The number of ether oxygens (including phenoxy) is 1. The first-order valence-corrected chi connectivity index (χ1v) is 8.39. The molecule has 3 aromatic rings. The molecular weight excluding hydrogens is 320 g/mol. The van der Waals surface area contributed by atoms with Crippen molar-refractivity contribution in [3.63, 3.8) is 0 Å². The van der Waals surface area contributed by atoms with Crippen LogP contribution in [0.2, 0.25) is 0 Å². The van der Waals surface area contributed by atoms with Crippen LogP contribution in [0.3, 0.4) is 0 Å². The van der Waals surface area contributed by atoms with E-state index >= 15 is 0 Å². The van der Waals surface area contributed by atoms with E-state index in [1.807, 2.05) is 25.1 Å². The van der Waals surface area contributed by atoms with Gasteiger partial charge in [0.05, 0.1) is 17.7 Å². The van der Waals surface area contributed by atoms with Crippen molar-refractivity contribution in [1.29, 1.82) is 0 Å². The Labute approximate surface area is 145 Å². The summed E-state index contributed by atoms with van der Waals surface area (Å²) in [5.41, 5.74) is 2.72. The van der Waals surface area contributed by atoms with E-state index in [1.54, 1.807) is 18.1 Å². The van der Waals surface area contributed by atoms with Crippen LogP contribution in [0.4, 0.5) is 0 Å². The third-order valence-electron chi connectivity index (χ3n) is 4.92. The standard InChI is InChI=1S/C17H20N6O2/c1-12-9-13(5-6-14(12)23-11-18-21-22-23)15-19-16(20-25-15)17(10-24-2)7-3-4-8-17/h5-6,9,11H,3-4,7-8,10H2,1-2H3. The lowest BCUT2D eigenvalue weighted by Gasteiger charge is -2.23. The summed E-state index contributed by atoms with van der Waals surface area (Å²) in [6.07, 6.45) is 6.00. The van der Waals surface area contributed by atoms with Gasteiger partial charge in [-0.1, -0.05) is 18.0 Å². The highest BCUT2D eigenvalue weighted by Gasteiger charge is 2.40. The van der Waals surface area contributed by atoms with Crippen LogP contribution in [0.5, 0.6) is 0 Å². The van der Waals surface area contributed by atoms with Crippen LogP contribution in [-0.4, -0.2) is 44.1 Å². The van der Waals surface area contributed by atoms with Crippen molar-refractivity contribution in [3.05, 3.63) is 35.9 Å². The molecule has 1 aromatic carbocycles. The highest BCUT2D eigenvalue weighted by Crippen LogP contribution is 2.40. The molecule has 0 N–H and O–H groups in total. The van der Waals surface area contributed by atoms with Gasteiger partial charge < -0.3 is 9.26 Å². The lowest BCUT2D eigenvalue weighted by atomic mass is 9.86. The van der Waals surface area contributed by atoms with Gasteiger partial charge >= 0.3 is 0 Å². The summed E-state index contributed by atoms with van der Waals surface area (Å²) in [5.74, 6) is 1.28. The molecule has 2 heterocycles. The van der Waals surface area contributed by atoms with Gasteiger partial charge in [-0.25, -0.2) is 4.68 Å². The average molecular weight is 340 g/mol. The molecule has 1 fully saturated rings. The fourth-order valence-corrected chi connectivity index (χ4v) is 3.63. The molecule has 0 unspecified atom stereocenters. The molecule has 4 rings (SSSR count). The molecule has 8 heteroatoms. The molecule has 1 saturated carbocycles. The second-order valence-corrected chi connectivity index (χ2v) is 6.60. The maximum absolute atomic E-state index is 5.56. The molecule has 130 valence electrons. The van der Waals surface area contributed by atoms with E-state index in [0.29, 0.717) is 12.5 Å². The highest BCUT2D eigenvalue weighted by molar-refractivity contribution is 5.58. The fraction of sp³-hybridized carbons (Fsp3) is 0.471. The Morgan fingerprint density at radius 3 is 2.80 bits per heavy atom. The number of nitrogens with zero attached hydrogens (tertiary/aromatic N) is 6. The topological polar surface area (TPSA) is 91.8 Å². The zero-order valence-corrected chi connectivity index (χ0v) is 14.3. The van der Waals surface area contributed by atoms with E-state index in [9.17, 15) is 0 Å². The van der Waals surface area contributed by atoms with Crippen LogP contribution >= 0.6 is 0 Å². The van der Waals surface area contributed by atoms with Gasteiger partial charge in [-0.15, -0.1) is 5.10 Å². The molecule has 0 radical (unpaired) electrons. The summed E-state index contributed by atoms with van der Waals surface area (Å²) in [6.45, 7) is 2.63. The number of rotatable bonds is 5. The van der Waals surface area contributed by atoms with Crippen molar-refractivity contribution < 1.29 is 9.26 Å². The molecule has 0 atom stereocenters. The van der Waals surface area contributed by atoms with E-state index < -0.39 is 0 Å². The average Bonchev–Trinajstić information content (AvgIpc) is 3.36. The molecule has 0 bridgehead atoms. The summed E-state index contributed by atoms with van der Waals surface area (Å²) in [4.78, 5) is 4.68. The summed E-state index contributed by atoms with van der Waals surface area (Å²) < 4.78 is 12.6. The summed E-state index contributed by atoms with van der Waals surface area (Å²) in [7, 11) is 1.72. The van der Waals surface area contributed by atoms with Crippen LogP contribution in [0.15, 0.2) is 29.0 Å². The van der Waals surface area contributed by atoms with Crippen molar-refractivity contribution in [2.75, 3.05) is 13.7 Å². The summed E-state index contributed by atoms with van der Waals surface area (Å²) >= 11 is 0. The predicted octanol–water partition coefficient (Wildman–Crippen LogP) is 2.48. The Morgan fingerprint density at radius 2 is 2.12 bits per heavy atom. The molecule has 25 heavy (non-hydrogen) atoms. The molecule has 0 aliphatic heterocycles. The second kappa shape index (κ2) is 6.36. The van der Waals surface area contributed by atoms with Crippen molar-refractivity contribution in [3.8, 4) is 17.1 Å². The number of benzene rings is 1. The Kier molecular flexibility index (Phi) is 4.04. The van der Waals surface area contributed by atoms with Gasteiger partial charge in [-0.05, 0) is 54.0 Å². The maximum Gasteiger partial charge on any atom is 0.257 e. The number of aromatic nitrogens is 6. The Bertz CT molecular complexity index is 852. The minimum atomic E-state index is -0.113. The zero-order chi connectivity index (χ0) is 17.3. The largest absolute Gasteiger partial charge is 0.384 e. The number of tetrazole rings is 1. The second-order valence-electron chi connectivity index (χ2n) is 6.60. The van der Waals surface area contributed by atoms with Crippen molar-refractivity contribution in [2.45, 2.75) is 38.0 Å². The molecule has 8 nitrogen and oxygen atoms in total. The first-order chi connectivity index (χ1) is 12.2. The van der Waals surface area contributed by atoms with Crippen molar-refractivity contribution >= 4 is 0 Å². The first kappa shape index (κ1) is 15.9. The van der Waals surface area contributed by atoms with Gasteiger partial charge in [-0.2, -0.15) is 4.98 Å². The van der Waals surface area contributed by atoms with Gasteiger partial charge in [0, 0.05) is 12.7 Å². The van der Waals surface area contributed by atoms with E-state index in [0.717, 1.165) is 35.5 Å². The Hall–Kier alpha value is -2.61. The molecule has 1 aliphatic rings. The minimum absolute atomic E-state index is 0.113. The molecule has 1 aliphatic carbocycles. The van der Waals surface area contributed by atoms with Crippen LogP contribution in [0.1, 0.15) is 37.1 Å². The third-order valence-corrected chi connectivity index (χ3v) is 4.92. The van der Waals surface area contributed by atoms with E-state index in [2.05, 4.69) is 25.7 Å². The molecule has 0 saturated heterocycles. The lowest BCUT2D eigenvalue weighted by Crippen LogP contribution is -2.29. The molecule has 0 amide bonds. The minimum Gasteiger partial charge on any atom is -0.384 e. The van der Waals surface area contributed by atoms with Crippen LogP contribution in [0.25, 0.3) is 17.1 Å². The lowest BCUT2D eigenvalue weighted by molar-refractivity contribution is 0.125. The van der Waals surface area contributed by atoms with E-state index in [-0.39, 0.29) is 5.41 Å². The number of hydrogen-bond acceptors (Lipinski definition) is 7. The Morgan fingerprint density at radius 1 is 1.28 bits per heavy atom. The van der Waals surface area contributed by atoms with Gasteiger partial charge in [-0.3, -0.25) is 0 Å². The van der Waals surface area contributed by atoms with Gasteiger partial charge in [0.25, 0.3) is 5.89 Å². The summed E-state index contributed by atoms with van der Waals surface area (Å²) in [5, 5.41) is 15.5. The monoisotopic (exact) mass is 340 g/mol.